The molecule has 0 aliphatic rings. The molecule has 0 saturated carbocycles. The highest BCUT2D eigenvalue weighted by Crippen LogP contribution is 2.29. The van der Waals surface area contributed by atoms with E-state index in [0.717, 1.165) is 12.1 Å². The Bertz CT molecular complexity index is 724. The monoisotopic (exact) mass is 382 g/mol. The Kier molecular flexibility index (Phi) is 7.10. The van der Waals surface area contributed by atoms with Crippen molar-refractivity contribution in [2.75, 3.05) is 6.61 Å². The summed E-state index contributed by atoms with van der Waals surface area (Å²) < 4.78 is 53.7. The quantitative estimate of drug-likeness (QED) is 0.603. The highest BCUT2D eigenvalue weighted by atomic mass is 19.4. The van der Waals surface area contributed by atoms with Crippen LogP contribution in [0.15, 0.2) is 48.5 Å². The molecule has 27 heavy (non-hydrogen) atoms. The van der Waals surface area contributed by atoms with Gasteiger partial charge in [0.1, 0.15) is 24.2 Å². The number of carbonyl (C=O) groups is 1. The van der Waals surface area contributed by atoms with Gasteiger partial charge in [-0.25, -0.2) is 0 Å². The van der Waals surface area contributed by atoms with Crippen molar-refractivity contribution in [3.63, 3.8) is 0 Å². The molecule has 0 aromatic heterocycles. The first-order valence-electron chi connectivity index (χ1n) is 8.49. The molecule has 2 rings (SSSR count). The maximum atomic E-state index is 12.5. The average molecular weight is 382 g/mol. The molecular weight excluding hydrogens is 361 g/mol. The van der Waals surface area contributed by atoms with Crippen LogP contribution in [0.25, 0.3) is 0 Å². The summed E-state index contributed by atoms with van der Waals surface area (Å²) in [4.78, 5) is 11.4. The molecule has 0 N–H and O–H groups in total. The molecule has 0 bridgehead atoms. The zero-order valence-electron chi connectivity index (χ0n) is 15.1. The van der Waals surface area contributed by atoms with Crippen molar-refractivity contribution in [1.29, 1.82) is 0 Å². The molecule has 0 fully saturated rings. The molecule has 0 spiro atoms. The van der Waals surface area contributed by atoms with Crippen LogP contribution in [0.1, 0.15) is 31.4 Å². The van der Waals surface area contributed by atoms with E-state index in [-0.39, 0.29) is 25.1 Å². The number of halogens is 3. The van der Waals surface area contributed by atoms with Crippen LogP contribution >= 0.6 is 0 Å². The minimum absolute atomic E-state index is 0.150. The highest BCUT2D eigenvalue weighted by Gasteiger charge is 2.29. The molecule has 0 aliphatic heterocycles. The Morgan fingerprint density at radius 2 is 1.59 bits per heavy atom. The van der Waals surface area contributed by atoms with E-state index in [2.05, 4.69) is 0 Å². The lowest BCUT2D eigenvalue weighted by Gasteiger charge is -2.14. The first-order chi connectivity index (χ1) is 12.8. The van der Waals surface area contributed by atoms with Crippen molar-refractivity contribution in [2.45, 2.75) is 39.2 Å². The van der Waals surface area contributed by atoms with Gasteiger partial charge in [0.15, 0.2) is 0 Å². The Labute approximate surface area is 155 Å². The summed E-state index contributed by atoms with van der Waals surface area (Å²) in [7, 11) is 0. The van der Waals surface area contributed by atoms with Crippen molar-refractivity contribution in [2.24, 2.45) is 0 Å². The number of esters is 1. The summed E-state index contributed by atoms with van der Waals surface area (Å²) in [5, 5.41) is 0. The molecule has 0 aliphatic carbocycles. The number of rotatable bonds is 8. The number of ether oxygens (including phenoxy) is 3. The Morgan fingerprint density at radius 3 is 2.15 bits per heavy atom. The maximum Gasteiger partial charge on any atom is 0.416 e. The number of hydrogen-bond donors (Lipinski definition) is 0. The van der Waals surface area contributed by atoms with Crippen molar-refractivity contribution in [3.05, 3.63) is 59.7 Å². The molecule has 0 radical (unpaired) electrons. The fraction of sp³-hybridized carbons (Fsp3) is 0.350. The average Bonchev–Trinajstić information content (AvgIpc) is 2.61. The Hall–Kier alpha value is -2.70. The summed E-state index contributed by atoms with van der Waals surface area (Å²) in [5.41, 5.74) is -0.0592. The SMILES string of the molecule is CCOC(=O)C[C@H](C)Oc1ccc(OCc2ccc(C(F)(F)F)cc2)cc1. The van der Waals surface area contributed by atoms with Gasteiger partial charge in [-0.1, -0.05) is 12.1 Å². The first-order valence-corrected chi connectivity index (χ1v) is 8.49. The fourth-order valence-electron chi connectivity index (χ4n) is 2.30. The Balaban J connectivity index is 1.84. The molecule has 1 atom stereocenters. The summed E-state index contributed by atoms with van der Waals surface area (Å²) in [6.07, 6.45) is -4.53. The second-order valence-corrected chi connectivity index (χ2v) is 5.89. The van der Waals surface area contributed by atoms with Crippen molar-refractivity contribution in [1.82, 2.24) is 0 Å². The number of benzene rings is 2. The van der Waals surface area contributed by atoms with E-state index in [4.69, 9.17) is 14.2 Å². The minimum atomic E-state index is -4.35. The predicted molar refractivity (Wildman–Crippen MR) is 93.6 cm³/mol. The summed E-state index contributed by atoms with van der Waals surface area (Å²) in [6.45, 7) is 3.99. The highest BCUT2D eigenvalue weighted by molar-refractivity contribution is 5.69. The molecule has 2 aromatic rings. The smallest absolute Gasteiger partial charge is 0.416 e. The van der Waals surface area contributed by atoms with E-state index in [1.807, 2.05) is 0 Å². The summed E-state index contributed by atoms with van der Waals surface area (Å²) in [6, 6.07) is 11.6. The van der Waals surface area contributed by atoms with Crippen molar-refractivity contribution >= 4 is 5.97 Å². The van der Waals surface area contributed by atoms with Crippen molar-refractivity contribution in [3.8, 4) is 11.5 Å². The lowest BCUT2D eigenvalue weighted by atomic mass is 10.1. The van der Waals surface area contributed by atoms with Crippen LogP contribution < -0.4 is 9.47 Å². The van der Waals surface area contributed by atoms with Crippen LogP contribution in [-0.4, -0.2) is 18.7 Å². The van der Waals surface area contributed by atoms with Crippen molar-refractivity contribution < 1.29 is 32.2 Å². The lowest BCUT2D eigenvalue weighted by Crippen LogP contribution is -2.18. The van der Waals surface area contributed by atoms with E-state index in [9.17, 15) is 18.0 Å². The molecular formula is C20H21F3O4. The van der Waals surface area contributed by atoms with E-state index in [1.165, 1.54) is 12.1 Å². The van der Waals surface area contributed by atoms with Gasteiger partial charge in [0.25, 0.3) is 0 Å². The van der Waals surface area contributed by atoms with Gasteiger partial charge in [0, 0.05) is 0 Å². The maximum absolute atomic E-state index is 12.5. The summed E-state index contributed by atoms with van der Waals surface area (Å²) >= 11 is 0. The molecule has 2 aromatic carbocycles. The van der Waals surface area contributed by atoms with Gasteiger partial charge in [-0.2, -0.15) is 13.2 Å². The number of hydrogen-bond acceptors (Lipinski definition) is 4. The topological polar surface area (TPSA) is 44.8 Å². The second kappa shape index (κ2) is 9.30. The first kappa shape index (κ1) is 20.6. The number of carbonyl (C=O) groups excluding carboxylic acids is 1. The van der Waals surface area contributed by atoms with Gasteiger partial charge in [-0.3, -0.25) is 4.79 Å². The number of alkyl halides is 3. The van der Waals surface area contributed by atoms with Gasteiger partial charge in [-0.05, 0) is 55.8 Å². The third-order valence-corrected chi connectivity index (χ3v) is 3.61. The van der Waals surface area contributed by atoms with Gasteiger partial charge in [0.05, 0.1) is 18.6 Å². The molecule has 7 heteroatoms. The van der Waals surface area contributed by atoms with E-state index >= 15 is 0 Å². The fourth-order valence-corrected chi connectivity index (χ4v) is 2.30. The van der Waals surface area contributed by atoms with Crippen LogP contribution in [0.2, 0.25) is 0 Å². The third-order valence-electron chi connectivity index (χ3n) is 3.61. The molecule has 146 valence electrons. The van der Waals surface area contributed by atoms with E-state index in [0.29, 0.717) is 23.7 Å². The largest absolute Gasteiger partial charge is 0.490 e. The molecule has 0 saturated heterocycles. The van der Waals surface area contributed by atoms with E-state index in [1.54, 1.807) is 38.1 Å². The van der Waals surface area contributed by atoms with Gasteiger partial charge >= 0.3 is 12.1 Å². The predicted octanol–water partition coefficient (Wildman–Crippen LogP) is 5.00. The normalized spacial score (nSPS) is 12.3. The van der Waals surface area contributed by atoms with Gasteiger partial charge in [0.2, 0.25) is 0 Å². The van der Waals surface area contributed by atoms with Crippen LogP contribution in [0.4, 0.5) is 13.2 Å². The van der Waals surface area contributed by atoms with Gasteiger partial charge < -0.3 is 14.2 Å². The van der Waals surface area contributed by atoms with Crippen LogP contribution in [0, 0.1) is 0 Å². The zero-order valence-corrected chi connectivity index (χ0v) is 15.1. The van der Waals surface area contributed by atoms with Gasteiger partial charge in [-0.15, -0.1) is 0 Å². The second-order valence-electron chi connectivity index (χ2n) is 5.89. The molecule has 0 amide bonds. The Morgan fingerprint density at radius 1 is 1.00 bits per heavy atom. The molecule has 0 heterocycles. The lowest BCUT2D eigenvalue weighted by molar-refractivity contribution is -0.144. The third kappa shape index (κ3) is 6.84. The molecule has 0 unspecified atom stereocenters. The van der Waals surface area contributed by atoms with Crippen LogP contribution in [-0.2, 0) is 22.3 Å². The zero-order chi connectivity index (χ0) is 19.9. The summed E-state index contributed by atoms with van der Waals surface area (Å²) in [5.74, 6) is 0.815. The molecule has 4 nitrogen and oxygen atoms in total. The van der Waals surface area contributed by atoms with Crippen LogP contribution in [0.3, 0.4) is 0 Å². The van der Waals surface area contributed by atoms with Crippen LogP contribution in [0.5, 0.6) is 11.5 Å². The van der Waals surface area contributed by atoms with E-state index < -0.39 is 11.7 Å². The standard InChI is InChI=1S/C20H21F3O4/c1-3-25-19(24)12-14(2)27-18-10-8-17(9-11-18)26-13-15-4-6-16(7-5-15)20(21,22)23/h4-11,14H,3,12-13H2,1-2H3/t14-/m0/s1. The minimum Gasteiger partial charge on any atom is -0.490 e.